The van der Waals surface area contributed by atoms with Crippen LogP contribution in [0.3, 0.4) is 0 Å². The first-order chi connectivity index (χ1) is 8.45. The Morgan fingerprint density at radius 2 is 1.47 bits per heavy atom. The maximum atomic E-state index is 2.46. The average molecular weight is 306 g/mol. The van der Waals surface area contributed by atoms with Crippen LogP contribution >= 0.6 is 0 Å². The van der Waals surface area contributed by atoms with E-state index < -0.39 is 21.8 Å². The van der Waals surface area contributed by atoms with Gasteiger partial charge in [0.1, 0.15) is 0 Å². The fourth-order valence-electron chi connectivity index (χ4n) is 3.42. The Morgan fingerprint density at radius 1 is 0.882 bits per heavy atom. The van der Waals surface area contributed by atoms with Crippen LogP contribution in [0.2, 0.25) is 3.63 Å². The van der Waals surface area contributed by atoms with Crippen molar-refractivity contribution in [3.63, 3.8) is 0 Å². The monoisotopic (exact) mass is 304 g/mol. The van der Waals surface area contributed by atoms with E-state index in [0.717, 1.165) is 3.63 Å². The van der Waals surface area contributed by atoms with E-state index in [4.69, 9.17) is 0 Å². The maximum absolute atomic E-state index is 2.46. The minimum atomic E-state index is -1.48. The third-order valence-electron chi connectivity index (χ3n) is 4.25. The molecule has 0 saturated heterocycles. The summed E-state index contributed by atoms with van der Waals surface area (Å²) in [6.07, 6.45) is 24.3. The van der Waals surface area contributed by atoms with Gasteiger partial charge >= 0.3 is 113 Å². The van der Waals surface area contributed by atoms with Gasteiger partial charge in [0, 0.05) is 0 Å². The van der Waals surface area contributed by atoms with Gasteiger partial charge in [0.2, 0.25) is 0 Å². The van der Waals surface area contributed by atoms with Crippen LogP contribution in [0.4, 0.5) is 0 Å². The molecule has 0 aromatic rings. The molecule has 3 aliphatic carbocycles. The topological polar surface area (TPSA) is 0 Å². The molecule has 0 atom stereocenters. The van der Waals surface area contributed by atoms with Crippen molar-refractivity contribution >= 4 is 0 Å². The zero-order valence-corrected chi connectivity index (χ0v) is 12.9. The van der Waals surface area contributed by atoms with Crippen LogP contribution in [0.5, 0.6) is 0 Å². The Morgan fingerprint density at radius 3 is 1.94 bits per heavy atom. The van der Waals surface area contributed by atoms with Gasteiger partial charge in [-0.25, -0.2) is 0 Å². The van der Waals surface area contributed by atoms with Gasteiger partial charge in [-0.05, 0) is 0 Å². The second-order valence-electron chi connectivity index (χ2n) is 5.40. The molecule has 0 N–H and O–H groups in total. The number of rotatable bonds is 3. The fraction of sp³-hybridized carbons (Fsp3) is 0.500. The zero-order valence-electron chi connectivity index (χ0n) is 11.5. The van der Waals surface area contributed by atoms with E-state index in [1.165, 1.54) is 44.9 Å². The molecule has 0 heterocycles. The molecular formula is C16H22Zr-. The van der Waals surface area contributed by atoms with Crippen molar-refractivity contribution in [1.29, 1.82) is 0 Å². The first-order valence-corrected chi connectivity index (χ1v) is 10.9. The minimum absolute atomic E-state index is 0. The molecular weight excluding hydrogens is 283 g/mol. The molecule has 0 aliphatic heterocycles. The molecule has 1 heteroatoms. The zero-order chi connectivity index (χ0) is 11.5. The average Bonchev–Trinajstić information content (AvgIpc) is 3.04. The maximum Gasteiger partial charge on any atom is -1.00 e. The molecule has 0 aromatic heterocycles. The summed E-state index contributed by atoms with van der Waals surface area (Å²) in [7, 11) is 0. The van der Waals surface area contributed by atoms with Crippen molar-refractivity contribution < 1.29 is 23.2 Å². The third kappa shape index (κ3) is 2.65. The van der Waals surface area contributed by atoms with Gasteiger partial charge in [-0.1, -0.05) is 0 Å². The molecule has 0 bridgehead atoms. The molecule has 17 heavy (non-hydrogen) atoms. The van der Waals surface area contributed by atoms with Gasteiger partial charge in [0.25, 0.3) is 0 Å². The summed E-state index contributed by atoms with van der Waals surface area (Å²) >= 11 is -1.48. The smallest absolute Gasteiger partial charge is 1.00 e. The second-order valence-corrected chi connectivity index (χ2v) is 12.6. The van der Waals surface area contributed by atoms with Gasteiger partial charge < -0.3 is 1.43 Å². The Bertz CT molecular complexity index is 367. The Labute approximate surface area is 114 Å². The Kier molecular flexibility index (Phi) is 3.96. The molecule has 0 aromatic carbocycles. The quantitative estimate of drug-likeness (QED) is 0.676. The molecule has 3 rings (SSSR count). The van der Waals surface area contributed by atoms with E-state index in [1.54, 1.807) is 0 Å². The van der Waals surface area contributed by atoms with Crippen LogP contribution in [0.25, 0.3) is 0 Å². The van der Waals surface area contributed by atoms with E-state index in [-0.39, 0.29) is 1.43 Å². The standard InChI is InChI=1S/C6H11.2C5H5.Zr.H/c1-2-4-6-5-3-1;2*1-2-4-5-3-1;;/h1H,2-6H2;2*1-3H,4H2;;/q;;;;-1. The van der Waals surface area contributed by atoms with Crippen LogP contribution in [0, 0.1) is 0 Å². The van der Waals surface area contributed by atoms with Crippen LogP contribution in [-0.2, 0) is 21.8 Å². The summed E-state index contributed by atoms with van der Waals surface area (Å²) in [6, 6.07) is 0. The summed E-state index contributed by atoms with van der Waals surface area (Å²) < 4.78 is 4.85. The first kappa shape index (κ1) is 11.9. The largest absolute Gasteiger partial charge is 1.00 e. The van der Waals surface area contributed by atoms with E-state index in [2.05, 4.69) is 36.5 Å². The predicted molar refractivity (Wildman–Crippen MR) is 71.6 cm³/mol. The fourth-order valence-corrected chi connectivity index (χ4v) is 12.4. The number of hydrogen-bond donors (Lipinski definition) is 0. The summed E-state index contributed by atoms with van der Waals surface area (Å²) in [5.41, 5.74) is 0. The first-order valence-electron chi connectivity index (χ1n) is 7.04. The molecule has 3 aliphatic rings. The summed E-state index contributed by atoms with van der Waals surface area (Å²) in [5, 5.41) is 0. The second kappa shape index (κ2) is 5.66. The van der Waals surface area contributed by atoms with Crippen LogP contribution in [0.1, 0.15) is 46.4 Å². The summed E-state index contributed by atoms with van der Waals surface area (Å²) in [5.74, 6) is 0. The minimum Gasteiger partial charge on any atom is -1.00 e. The van der Waals surface area contributed by atoms with Crippen molar-refractivity contribution in [2.45, 2.75) is 48.6 Å². The van der Waals surface area contributed by atoms with Crippen molar-refractivity contribution in [3.8, 4) is 0 Å². The van der Waals surface area contributed by atoms with Gasteiger partial charge in [-0.3, -0.25) is 0 Å². The van der Waals surface area contributed by atoms with Crippen molar-refractivity contribution in [3.05, 3.63) is 43.0 Å². The van der Waals surface area contributed by atoms with Crippen molar-refractivity contribution in [1.82, 2.24) is 0 Å². The molecule has 0 spiro atoms. The van der Waals surface area contributed by atoms with E-state index in [0.29, 0.717) is 0 Å². The predicted octanol–water partition coefficient (Wildman–Crippen LogP) is 5.16. The van der Waals surface area contributed by atoms with Gasteiger partial charge in [0.05, 0.1) is 0 Å². The van der Waals surface area contributed by atoms with Gasteiger partial charge in [-0.15, -0.1) is 0 Å². The number of hydrogen-bond acceptors (Lipinski definition) is 0. The van der Waals surface area contributed by atoms with Gasteiger partial charge in [0.15, 0.2) is 0 Å². The molecule has 0 nitrogen and oxygen atoms in total. The Hall–Kier alpha value is -0.157. The SMILES string of the molecule is C1=CC[C]([Zr]([C]2=CC=CC2)[CH]2CCCCC2)=C1.[H-]. The molecule has 1 saturated carbocycles. The van der Waals surface area contributed by atoms with E-state index in [9.17, 15) is 0 Å². The molecule has 0 amide bonds. The Balaban J connectivity index is 0.00000120. The van der Waals surface area contributed by atoms with E-state index in [1.807, 2.05) is 6.56 Å². The summed E-state index contributed by atoms with van der Waals surface area (Å²) in [4.78, 5) is 0. The molecule has 0 radical (unpaired) electrons. The van der Waals surface area contributed by atoms with Crippen LogP contribution in [-0.4, -0.2) is 0 Å². The van der Waals surface area contributed by atoms with Crippen LogP contribution < -0.4 is 0 Å². The van der Waals surface area contributed by atoms with Crippen molar-refractivity contribution in [2.24, 2.45) is 0 Å². The van der Waals surface area contributed by atoms with E-state index >= 15 is 0 Å². The number of allylic oxidation sites excluding steroid dienone is 8. The molecule has 1 fully saturated rings. The molecule has 91 valence electrons. The van der Waals surface area contributed by atoms with Crippen molar-refractivity contribution in [2.75, 3.05) is 0 Å². The molecule has 0 unspecified atom stereocenters. The summed E-state index contributed by atoms with van der Waals surface area (Å²) in [6.45, 7) is 0. The van der Waals surface area contributed by atoms with Gasteiger partial charge in [-0.2, -0.15) is 0 Å². The third-order valence-corrected chi connectivity index (χ3v) is 12.9. The van der Waals surface area contributed by atoms with Crippen LogP contribution in [0.15, 0.2) is 43.0 Å². The normalized spacial score (nSPS) is 24.0.